The van der Waals surface area contributed by atoms with Gasteiger partial charge in [-0.3, -0.25) is 24.0 Å². The van der Waals surface area contributed by atoms with Crippen LogP contribution in [0.4, 0.5) is 0 Å². The van der Waals surface area contributed by atoms with Gasteiger partial charge in [-0.05, 0) is 50.2 Å². The van der Waals surface area contributed by atoms with Gasteiger partial charge in [0.25, 0.3) is 0 Å². The number of carbonyl (C=O) groups excluding carboxylic acids is 4. The summed E-state index contributed by atoms with van der Waals surface area (Å²) in [6.45, 7) is 12.1. The highest BCUT2D eigenvalue weighted by atomic mass is 16.4. The van der Waals surface area contributed by atoms with E-state index < -0.39 is 63.2 Å². The Morgan fingerprint density at radius 1 is 1.05 bits per heavy atom. The second kappa shape index (κ2) is 8.78. The van der Waals surface area contributed by atoms with Gasteiger partial charge in [0.1, 0.15) is 17.7 Å². The second-order valence-electron chi connectivity index (χ2n) is 13.3. The Bertz CT molecular complexity index is 1210. The molecular formula is C30H40O8. The molecule has 1 unspecified atom stereocenters. The van der Waals surface area contributed by atoms with Crippen molar-refractivity contribution in [2.75, 3.05) is 0 Å². The van der Waals surface area contributed by atoms with Gasteiger partial charge in [-0.1, -0.05) is 40.2 Å². The predicted molar refractivity (Wildman–Crippen MR) is 138 cm³/mol. The molecule has 38 heavy (non-hydrogen) atoms. The van der Waals surface area contributed by atoms with Crippen molar-refractivity contribution in [1.82, 2.24) is 0 Å². The van der Waals surface area contributed by atoms with E-state index in [9.17, 15) is 34.2 Å². The van der Waals surface area contributed by atoms with Gasteiger partial charge in [0.15, 0.2) is 11.6 Å². The molecule has 2 saturated carbocycles. The number of carbonyl (C=O) groups is 5. The van der Waals surface area contributed by atoms with Crippen LogP contribution < -0.4 is 0 Å². The van der Waals surface area contributed by atoms with Gasteiger partial charge >= 0.3 is 5.97 Å². The highest BCUT2D eigenvalue weighted by molar-refractivity contribution is 6.08. The van der Waals surface area contributed by atoms with E-state index in [-0.39, 0.29) is 43.2 Å². The lowest BCUT2D eigenvalue weighted by Crippen LogP contribution is -2.64. The molecule has 3 N–H and O–H groups in total. The molecule has 208 valence electrons. The number of carboxylic acids is 1. The number of fused-ring (bicyclic) bond motifs is 4. The maximum Gasteiger partial charge on any atom is 0.306 e. The van der Waals surface area contributed by atoms with Crippen LogP contribution in [0, 0.1) is 39.4 Å². The Morgan fingerprint density at radius 3 is 2.24 bits per heavy atom. The third-order valence-electron chi connectivity index (χ3n) is 11.1. The Labute approximate surface area is 223 Å². The molecule has 8 heteroatoms. The molecule has 0 spiro atoms. The Kier molecular flexibility index (Phi) is 6.60. The summed E-state index contributed by atoms with van der Waals surface area (Å²) in [5.41, 5.74) is -3.05. The number of hydrogen-bond donors (Lipinski definition) is 3. The number of carboxylic acid groups (broad SMARTS) is 1. The van der Waals surface area contributed by atoms with Crippen LogP contribution in [0.25, 0.3) is 0 Å². The van der Waals surface area contributed by atoms with Crippen molar-refractivity contribution in [3.8, 4) is 0 Å². The first-order valence-electron chi connectivity index (χ1n) is 13.5. The fraction of sp³-hybridized carbons (Fsp3) is 0.700. The molecule has 4 aliphatic carbocycles. The molecule has 4 aliphatic rings. The van der Waals surface area contributed by atoms with E-state index in [1.807, 2.05) is 20.8 Å². The Hall–Kier alpha value is -2.45. The van der Waals surface area contributed by atoms with Crippen LogP contribution >= 0.6 is 0 Å². The van der Waals surface area contributed by atoms with Gasteiger partial charge in [0, 0.05) is 41.1 Å². The normalized spacial score (nSPS) is 41.4. The van der Waals surface area contributed by atoms with E-state index in [0.29, 0.717) is 23.1 Å². The summed E-state index contributed by atoms with van der Waals surface area (Å²) < 4.78 is 0. The third-order valence-corrected chi connectivity index (χ3v) is 11.1. The third kappa shape index (κ3) is 3.52. The van der Waals surface area contributed by atoms with Crippen LogP contribution in [0.3, 0.4) is 0 Å². The first kappa shape index (κ1) is 28.6. The number of aliphatic hydroxyl groups is 2. The minimum absolute atomic E-state index is 0.0188. The Balaban J connectivity index is 1.86. The monoisotopic (exact) mass is 528 g/mol. The van der Waals surface area contributed by atoms with Gasteiger partial charge in [0.05, 0.1) is 17.4 Å². The molecule has 4 rings (SSSR count). The van der Waals surface area contributed by atoms with Crippen LogP contribution in [0.5, 0.6) is 0 Å². The molecule has 8 nitrogen and oxygen atoms in total. The van der Waals surface area contributed by atoms with E-state index in [1.165, 1.54) is 13.0 Å². The summed E-state index contributed by atoms with van der Waals surface area (Å²) in [5.74, 6) is -3.99. The average molecular weight is 529 g/mol. The molecule has 0 heterocycles. The highest BCUT2D eigenvalue weighted by Crippen LogP contribution is 2.70. The zero-order valence-electron chi connectivity index (χ0n) is 23.4. The zero-order chi connectivity index (χ0) is 28.7. The fourth-order valence-electron chi connectivity index (χ4n) is 8.53. The number of ketones is 4. The minimum atomic E-state index is -1.55. The maximum absolute atomic E-state index is 14.1. The molecule has 0 amide bonds. The van der Waals surface area contributed by atoms with Gasteiger partial charge in [0.2, 0.25) is 0 Å². The summed E-state index contributed by atoms with van der Waals surface area (Å²) in [7, 11) is 0. The molecule has 0 bridgehead atoms. The predicted octanol–water partition coefficient (Wildman–Crippen LogP) is 3.23. The van der Waals surface area contributed by atoms with Gasteiger partial charge in [-0.15, -0.1) is 0 Å². The molecule has 0 radical (unpaired) electrons. The van der Waals surface area contributed by atoms with Crippen LogP contribution in [0.15, 0.2) is 22.8 Å². The molecular weight excluding hydrogens is 488 g/mol. The van der Waals surface area contributed by atoms with Crippen molar-refractivity contribution < 1.29 is 39.3 Å². The van der Waals surface area contributed by atoms with Crippen molar-refractivity contribution in [3.63, 3.8) is 0 Å². The molecule has 2 fully saturated rings. The largest absolute Gasteiger partial charge is 0.481 e. The van der Waals surface area contributed by atoms with Crippen LogP contribution in [0.2, 0.25) is 0 Å². The lowest BCUT2D eigenvalue weighted by molar-refractivity contribution is -0.156. The number of rotatable bonds is 5. The highest BCUT2D eigenvalue weighted by Gasteiger charge is 2.73. The standard InChI is InChI=1S/C30H40O8/c1-14(10-16(31)11-15(2)26(37)38)17-12-21(34)30(7)22-18(32)13-19-27(3,4)20(33)8-9-28(19,5)23(22)24(35)25(36)29(17,30)6/h10,15,17-19,25,32,36H,8-9,11-13H2,1-7H3,(H,37,38)/b14-10+/t15?,17-,18+,19+,25-,28+,29+,30+/m1/s1. The summed E-state index contributed by atoms with van der Waals surface area (Å²) in [5, 5.41) is 32.4. The molecule has 0 saturated heterocycles. The minimum Gasteiger partial charge on any atom is -0.481 e. The van der Waals surface area contributed by atoms with Gasteiger partial charge in [-0.2, -0.15) is 0 Å². The summed E-state index contributed by atoms with van der Waals surface area (Å²) >= 11 is 0. The SMILES string of the molecule is C/C(=C\C(=O)CC(C)C(=O)O)[C@H]1CC(=O)[C@@]2(C)C3=C(C(=O)[C@@H](O)[C@]12C)[C@@]1(C)CCC(=O)C(C)(C)[C@@H]1C[C@@H]3O. The smallest absolute Gasteiger partial charge is 0.306 e. The van der Waals surface area contributed by atoms with E-state index in [1.54, 1.807) is 20.8 Å². The second-order valence-corrected chi connectivity index (χ2v) is 13.3. The number of aliphatic carboxylic acids is 1. The average Bonchev–Trinajstić information content (AvgIpc) is 3.03. The topological polar surface area (TPSA) is 146 Å². The molecule has 0 aromatic heterocycles. The first-order chi connectivity index (χ1) is 17.4. The van der Waals surface area contributed by atoms with Crippen molar-refractivity contribution in [1.29, 1.82) is 0 Å². The summed E-state index contributed by atoms with van der Waals surface area (Å²) in [4.78, 5) is 64.6. The van der Waals surface area contributed by atoms with E-state index in [2.05, 4.69) is 0 Å². The summed E-state index contributed by atoms with van der Waals surface area (Å²) in [6.07, 6.45) is -0.647. The molecule has 8 atom stereocenters. The van der Waals surface area contributed by atoms with E-state index in [4.69, 9.17) is 5.11 Å². The van der Waals surface area contributed by atoms with Crippen molar-refractivity contribution >= 4 is 29.1 Å². The number of aliphatic hydroxyl groups excluding tert-OH is 2. The van der Waals surface area contributed by atoms with Crippen LogP contribution in [-0.4, -0.2) is 56.6 Å². The van der Waals surface area contributed by atoms with E-state index in [0.717, 1.165) is 0 Å². The maximum atomic E-state index is 14.1. The molecule has 0 aromatic rings. The van der Waals surface area contributed by atoms with Gasteiger partial charge in [-0.25, -0.2) is 0 Å². The fourth-order valence-corrected chi connectivity index (χ4v) is 8.53. The first-order valence-corrected chi connectivity index (χ1v) is 13.5. The lowest BCUT2D eigenvalue weighted by atomic mass is 9.42. The van der Waals surface area contributed by atoms with Crippen LogP contribution in [0.1, 0.15) is 80.6 Å². The Morgan fingerprint density at radius 2 is 1.66 bits per heavy atom. The van der Waals surface area contributed by atoms with Crippen molar-refractivity contribution in [2.45, 2.75) is 92.8 Å². The zero-order valence-corrected chi connectivity index (χ0v) is 23.4. The molecule has 0 aliphatic heterocycles. The molecule has 0 aromatic carbocycles. The van der Waals surface area contributed by atoms with Crippen molar-refractivity contribution in [2.24, 2.45) is 39.4 Å². The quantitative estimate of drug-likeness (QED) is 0.461. The van der Waals surface area contributed by atoms with Crippen LogP contribution in [-0.2, 0) is 24.0 Å². The van der Waals surface area contributed by atoms with Gasteiger partial charge < -0.3 is 15.3 Å². The number of hydrogen-bond acceptors (Lipinski definition) is 7. The number of allylic oxidation sites excluding steroid dienone is 2. The van der Waals surface area contributed by atoms with E-state index >= 15 is 0 Å². The summed E-state index contributed by atoms with van der Waals surface area (Å²) in [6, 6.07) is 0. The lowest BCUT2D eigenvalue weighted by Gasteiger charge is -2.61. The van der Waals surface area contributed by atoms with Crippen molar-refractivity contribution in [3.05, 3.63) is 22.8 Å². The number of Topliss-reactive ketones (excluding diaryl/α,β-unsaturated/α-hetero) is 3.